The first kappa shape index (κ1) is 14.3. The van der Waals surface area contributed by atoms with Gasteiger partial charge in [0.05, 0.1) is 4.34 Å². The van der Waals surface area contributed by atoms with Gasteiger partial charge in [-0.3, -0.25) is 0 Å². The zero-order chi connectivity index (χ0) is 13.0. The van der Waals surface area contributed by atoms with Gasteiger partial charge in [0.1, 0.15) is 4.21 Å². The Morgan fingerprint density at radius 2 is 2.33 bits per heavy atom. The third-order valence-electron chi connectivity index (χ3n) is 3.06. The monoisotopic (exact) mass is 308 g/mol. The predicted octanol–water partition coefficient (Wildman–Crippen LogP) is 2.07. The van der Waals surface area contributed by atoms with Gasteiger partial charge in [-0.25, -0.2) is 13.1 Å². The lowest BCUT2D eigenvalue weighted by Gasteiger charge is -2.22. The average molecular weight is 309 g/mol. The Hall–Kier alpha value is -0.140. The molecule has 0 aliphatic carbocycles. The van der Waals surface area contributed by atoms with E-state index in [1.807, 2.05) is 0 Å². The molecule has 1 aliphatic heterocycles. The van der Waals surface area contributed by atoms with Gasteiger partial charge in [0.15, 0.2) is 0 Å². The summed E-state index contributed by atoms with van der Waals surface area (Å²) in [5.41, 5.74) is 0. The Bertz CT molecular complexity index is 481. The van der Waals surface area contributed by atoms with Crippen molar-refractivity contribution in [3.63, 3.8) is 0 Å². The normalized spacial score (nSPS) is 21.1. The van der Waals surface area contributed by atoms with E-state index in [1.54, 1.807) is 6.07 Å². The van der Waals surface area contributed by atoms with E-state index < -0.39 is 10.0 Å². The summed E-state index contributed by atoms with van der Waals surface area (Å²) in [4.78, 5) is 0. The van der Waals surface area contributed by atoms with Crippen LogP contribution in [0.4, 0.5) is 0 Å². The highest BCUT2D eigenvalue weighted by atomic mass is 35.5. The molecule has 18 heavy (non-hydrogen) atoms. The van der Waals surface area contributed by atoms with Gasteiger partial charge in [0.2, 0.25) is 10.0 Å². The summed E-state index contributed by atoms with van der Waals surface area (Å²) in [5.74, 6) is 0.577. The quantitative estimate of drug-likeness (QED) is 0.875. The molecule has 4 nitrogen and oxygen atoms in total. The zero-order valence-corrected chi connectivity index (χ0v) is 12.4. The molecular weight excluding hydrogens is 292 g/mol. The number of rotatable bonds is 5. The number of hydrogen-bond acceptors (Lipinski definition) is 4. The lowest BCUT2D eigenvalue weighted by molar-refractivity contribution is 0.358. The van der Waals surface area contributed by atoms with Crippen LogP contribution in [0.3, 0.4) is 0 Å². The van der Waals surface area contributed by atoms with Crippen LogP contribution in [-0.4, -0.2) is 28.1 Å². The minimum absolute atomic E-state index is 0.286. The number of nitrogens with one attached hydrogen (secondary N) is 2. The molecule has 2 N–H and O–H groups in total. The molecule has 1 aromatic rings. The van der Waals surface area contributed by atoms with E-state index in [2.05, 4.69) is 10.0 Å². The molecule has 0 spiro atoms. The molecule has 0 amide bonds. The summed E-state index contributed by atoms with van der Waals surface area (Å²) >= 11 is 6.82. The molecule has 7 heteroatoms. The van der Waals surface area contributed by atoms with Crippen LogP contribution < -0.4 is 10.0 Å². The highest BCUT2D eigenvalue weighted by Crippen LogP contribution is 2.25. The lowest BCUT2D eigenvalue weighted by atomic mass is 9.96. The van der Waals surface area contributed by atoms with Crippen molar-refractivity contribution < 1.29 is 8.42 Å². The smallest absolute Gasteiger partial charge is 0.250 e. The number of sulfonamides is 1. The van der Waals surface area contributed by atoms with E-state index >= 15 is 0 Å². The molecule has 1 aliphatic rings. The Kier molecular flexibility index (Phi) is 5.03. The maximum absolute atomic E-state index is 11.9. The maximum Gasteiger partial charge on any atom is 0.250 e. The van der Waals surface area contributed by atoms with Gasteiger partial charge in [0.25, 0.3) is 0 Å². The summed E-state index contributed by atoms with van der Waals surface area (Å²) in [6.45, 7) is 2.56. The van der Waals surface area contributed by atoms with Gasteiger partial charge in [-0.05, 0) is 50.4 Å². The maximum atomic E-state index is 11.9. The SMILES string of the molecule is O=S(=O)(NCCC1CCCNC1)c1ccc(Cl)s1. The molecule has 1 unspecified atom stereocenters. The highest BCUT2D eigenvalue weighted by molar-refractivity contribution is 7.91. The Balaban J connectivity index is 1.82. The summed E-state index contributed by atoms with van der Waals surface area (Å²) in [7, 11) is -3.38. The zero-order valence-electron chi connectivity index (χ0n) is 9.99. The van der Waals surface area contributed by atoms with Crippen LogP contribution in [0.5, 0.6) is 0 Å². The molecule has 1 atom stereocenters. The minimum Gasteiger partial charge on any atom is -0.316 e. The first-order valence-corrected chi connectivity index (χ1v) is 8.71. The molecule has 0 aromatic carbocycles. The first-order valence-electron chi connectivity index (χ1n) is 6.03. The van der Waals surface area contributed by atoms with E-state index in [4.69, 9.17) is 11.6 Å². The van der Waals surface area contributed by atoms with Gasteiger partial charge in [-0.1, -0.05) is 11.6 Å². The van der Waals surface area contributed by atoms with E-state index in [0.717, 1.165) is 30.8 Å². The highest BCUT2D eigenvalue weighted by Gasteiger charge is 2.18. The minimum atomic E-state index is -3.38. The molecule has 2 heterocycles. The molecule has 1 aromatic heterocycles. The second-order valence-electron chi connectivity index (χ2n) is 4.46. The number of thiophene rings is 1. The number of piperidine rings is 1. The Labute approximate surface area is 117 Å². The summed E-state index contributed by atoms with van der Waals surface area (Å²) in [6, 6.07) is 3.14. The standard InChI is InChI=1S/C11H17ClN2O2S2/c12-10-3-4-11(17-10)18(15,16)14-7-5-9-2-1-6-13-8-9/h3-4,9,13-14H,1-2,5-8H2. The van der Waals surface area contributed by atoms with E-state index in [1.165, 1.54) is 18.9 Å². The molecule has 2 rings (SSSR count). The van der Waals surface area contributed by atoms with Gasteiger partial charge < -0.3 is 5.32 Å². The van der Waals surface area contributed by atoms with Gasteiger partial charge in [-0.2, -0.15) is 0 Å². The average Bonchev–Trinajstić information content (AvgIpc) is 2.78. The van der Waals surface area contributed by atoms with Crippen LogP contribution >= 0.6 is 22.9 Å². The first-order chi connectivity index (χ1) is 8.58. The van der Waals surface area contributed by atoms with Crippen molar-refractivity contribution >= 4 is 33.0 Å². The summed E-state index contributed by atoms with van der Waals surface area (Å²) < 4.78 is 27.2. The molecule has 0 radical (unpaired) electrons. The van der Waals surface area contributed by atoms with Crippen molar-refractivity contribution in [2.75, 3.05) is 19.6 Å². The summed E-state index contributed by atoms with van der Waals surface area (Å²) in [6.07, 6.45) is 3.24. The topological polar surface area (TPSA) is 58.2 Å². The van der Waals surface area contributed by atoms with Crippen LogP contribution in [0.2, 0.25) is 4.34 Å². The number of halogens is 1. The van der Waals surface area contributed by atoms with Crippen molar-refractivity contribution in [3.8, 4) is 0 Å². The van der Waals surface area contributed by atoms with Crippen molar-refractivity contribution in [1.82, 2.24) is 10.0 Å². The van der Waals surface area contributed by atoms with Gasteiger partial charge in [-0.15, -0.1) is 11.3 Å². The third kappa shape index (κ3) is 3.93. The van der Waals surface area contributed by atoms with Crippen molar-refractivity contribution in [3.05, 3.63) is 16.5 Å². The Morgan fingerprint density at radius 3 is 2.94 bits per heavy atom. The van der Waals surface area contributed by atoms with Crippen LogP contribution in [0.1, 0.15) is 19.3 Å². The van der Waals surface area contributed by atoms with Crippen molar-refractivity contribution in [2.45, 2.75) is 23.5 Å². The van der Waals surface area contributed by atoms with Crippen LogP contribution in [0.25, 0.3) is 0 Å². The van der Waals surface area contributed by atoms with E-state index in [9.17, 15) is 8.42 Å². The summed E-state index contributed by atoms with van der Waals surface area (Å²) in [5, 5.41) is 3.32. The molecular formula is C11H17ClN2O2S2. The molecule has 0 saturated carbocycles. The fourth-order valence-electron chi connectivity index (χ4n) is 2.08. The predicted molar refractivity (Wildman–Crippen MR) is 74.7 cm³/mol. The molecule has 0 bridgehead atoms. The molecule has 102 valence electrons. The largest absolute Gasteiger partial charge is 0.316 e. The second-order valence-corrected chi connectivity index (χ2v) is 8.17. The lowest BCUT2D eigenvalue weighted by Crippen LogP contribution is -2.33. The van der Waals surface area contributed by atoms with Crippen LogP contribution in [-0.2, 0) is 10.0 Å². The fraction of sp³-hybridized carbons (Fsp3) is 0.636. The molecule has 1 saturated heterocycles. The number of hydrogen-bond donors (Lipinski definition) is 2. The van der Waals surface area contributed by atoms with Crippen LogP contribution in [0, 0.1) is 5.92 Å². The van der Waals surface area contributed by atoms with Crippen LogP contribution in [0.15, 0.2) is 16.3 Å². The van der Waals surface area contributed by atoms with E-state index in [-0.39, 0.29) is 4.21 Å². The van der Waals surface area contributed by atoms with Crippen molar-refractivity contribution in [2.24, 2.45) is 5.92 Å². The van der Waals surface area contributed by atoms with Gasteiger partial charge >= 0.3 is 0 Å². The Morgan fingerprint density at radius 1 is 1.50 bits per heavy atom. The van der Waals surface area contributed by atoms with Gasteiger partial charge in [0, 0.05) is 6.54 Å². The second kappa shape index (κ2) is 6.34. The molecule has 1 fully saturated rings. The fourth-order valence-corrected chi connectivity index (χ4v) is 4.66. The van der Waals surface area contributed by atoms with E-state index in [0.29, 0.717) is 16.8 Å². The van der Waals surface area contributed by atoms with Crippen molar-refractivity contribution in [1.29, 1.82) is 0 Å². The third-order valence-corrected chi connectivity index (χ3v) is 6.24.